The summed E-state index contributed by atoms with van der Waals surface area (Å²) in [5.74, 6) is 2.36. The third-order valence-corrected chi connectivity index (χ3v) is 4.68. The molecular formula is C23H31IN4O3. The predicted molar refractivity (Wildman–Crippen MR) is 135 cm³/mol. The van der Waals surface area contributed by atoms with Crippen molar-refractivity contribution in [2.24, 2.45) is 4.99 Å². The first-order chi connectivity index (χ1) is 14.7. The highest BCUT2D eigenvalue weighted by atomic mass is 127. The number of carbonyl (C=O) groups is 1. The molecule has 0 atom stereocenters. The lowest BCUT2D eigenvalue weighted by Gasteiger charge is -2.29. The van der Waals surface area contributed by atoms with Gasteiger partial charge in [0.1, 0.15) is 11.5 Å². The number of halogens is 1. The molecule has 1 heterocycles. The minimum absolute atomic E-state index is 0. The maximum absolute atomic E-state index is 12.3. The van der Waals surface area contributed by atoms with Crippen molar-refractivity contribution in [1.29, 1.82) is 0 Å². The highest BCUT2D eigenvalue weighted by Crippen LogP contribution is 2.31. The first-order valence-corrected chi connectivity index (χ1v) is 10.5. The summed E-state index contributed by atoms with van der Waals surface area (Å²) in [6, 6.07) is 15.6. The van der Waals surface area contributed by atoms with Crippen LogP contribution in [-0.4, -0.2) is 44.7 Å². The van der Waals surface area contributed by atoms with Crippen molar-refractivity contribution in [2.45, 2.75) is 26.8 Å². The Hall–Kier alpha value is -2.49. The molecule has 3 rings (SSSR count). The Labute approximate surface area is 201 Å². The van der Waals surface area contributed by atoms with Gasteiger partial charge in [-0.15, -0.1) is 24.0 Å². The van der Waals surface area contributed by atoms with E-state index in [0.717, 1.165) is 41.7 Å². The Morgan fingerprint density at radius 3 is 2.71 bits per heavy atom. The van der Waals surface area contributed by atoms with Crippen LogP contribution in [0.5, 0.6) is 11.5 Å². The molecule has 168 valence electrons. The van der Waals surface area contributed by atoms with E-state index in [4.69, 9.17) is 9.47 Å². The van der Waals surface area contributed by atoms with Crippen molar-refractivity contribution in [3.8, 4) is 11.5 Å². The number of aliphatic imine (C=N–C) groups is 1. The van der Waals surface area contributed by atoms with Gasteiger partial charge in [-0.2, -0.15) is 0 Å². The molecule has 0 unspecified atom stereocenters. The molecule has 0 aromatic heterocycles. The quantitative estimate of drug-likeness (QED) is 0.221. The summed E-state index contributed by atoms with van der Waals surface area (Å²) >= 11 is 0. The number of nitrogens with zero attached hydrogens (tertiary/aromatic N) is 2. The lowest BCUT2D eigenvalue weighted by atomic mass is 10.2. The van der Waals surface area contributed by atoms with Crippen molar-refractivity contribution in [2.75, 3.05) is 37.7 Å². The first-order valence-electron chi connectivity index (χ1n) is 10.5. The summed E-state index contributed by atoms with van der Waals surface area (Å²) in [7, 11) is 0. The third kappa shape index (κ3) is 7.02. The number of anilines is 1. The lowest BCUT2D eigenvalue weighted by molar-refractivity contribution is -0.121. The van der Waals surface area contributed by atoms with Crippen molar-refractivity contribution in [1.82, 2.24) is 10.6 Å². The van der Waals surface area contributed by atoms with E-state index >= 15 is 0 Å². The van der Waals surface area contributed by atoms with Gasteiger partial charge in [-0.1, -0.05) is 30.3 Å². The minimum Gasteiger partial charge on any atom is -0.494 e. The minimum atomic E-state index is -0.0122. The molecular weight excluding hydrogens is 507 g/mol. The van der Waals surface area contributed by atoms with Crippen LogP contribution < -0.4 is 25.0 Å². The van der Waals surface area contributed by atoms with Crippen molar-refractivity contribution in [3.63, 3.8) is 0 Å². The van der Waals surface area contributed by atoms with Gasteiger partial charge in [-0.25, -0.2) is 4.99 Å². The van der Waals surface area contributed by atoms with Gasteiger partial charge < -0.3 is 25.0 Å². The summed E-state index contributed by atoms with van der Waals surface area (Å²) in [5, 5.41) is 6.61. The zero-order valence-corrected chi connectivity index (χ0v) is 20.4. The molecule has 2 N–H and O–H groups in total. The second-order valence-electron chi connectivity index (χ2n) is 6.82. The summed E-state index contributed by atoms with van der Waals surface area (Å²) < 4.78 is 11.2. The number of amides is 1. The molecule has 0 aliphatic carbocycles. The van der Waals surface area contributed by atoms with Gasteiger partial charge in [0.05, 0.1) is 18.8 Å². The zero-order chi connectivity index (χ0) is 21.2. The summed E-state index contributed by atoms with van der Waals surface area (Å²) in [4.78, 5) is 18.7. The number of para-hydroxylation sites is 3. The SMILES string of the molecule is CCNC(=NCc1ccccc1OCC)NCCCN1C(=O)COc2ccccc21.I. The average molecular weight is 538 g/mol. The Bertz CT molecular complexity index is 875. The standard InChI is InChI=1S/C23H30N4O3.HI/c1-3-24-23(26-16-18-10-5-7-12-20(18)29-4-2)25-14-9-15-27-19-11-6-8-13-21(19)30-17-22(27)28;/h5-8,10-13H,3-4,9,14-17H2,1-2H3,(H2,24,25,26);1H. The Morgan fingerprint density at radius 2 is 1.90 bits per heavy atom. The fraction of sp³-hybridized carbons (Fsp3) is 0.391. The van der Waals surface area contributed by atoms with Crippen LogP contribution >= 0.6 is 24.0 Å². The van der Waals surface area contributed by atoms with E-state index in [1.807, 2.05) is 62.4 Å². The Kier molecular flexibility index (Phi) is 10.4. The second-order valence-corrected chi connectivity index (χ2v) is 6.82. The topological polar surface area (TPSA) is 75.2 Å². The smallest absolute Gasteiger partial charge is 0.265 e. The largest absolute Gasteiger partial charge is 0.494 e. The normalized spacial score (nSPS) is 13.0. The Morgan fingerprint density at radius 1 is 1.13 bits per heavy atom. The van der Waals surface area contributed by atoms with Gasteiger partial charge in [0.2, 0.25) is 0 Å². The predicted octanol–water partition coefficient (Wildman–Crippen LogP) is 3.57. The molecule has 8 heteroatoms. The van der Waals surface area contributed by atoms with Crippen LogP contribution in [0.3, 0.4) is 0 Å². The molecule has 31 heavy (non-hydrogen) atoms. The Balaban J connectivity index is 0.00000341. The van der Waals surface area contributed by atoms with Gasteiger partial charge in [-0.05, 0) is 38.5 Å². The molecule has 2 aromatic carbocycles. The first kappa shape index (κ1) is 24.8. The van der Waals surface area contributed by atoms with E-state index in [-0.39, 0.29) is 36.5 Å². The van der Waals surface area contributed by atoms with Crippen LogP contribution in [0.25, 0.3) is 0 Å². The van der Waals surface area contributed by atoms with E-state index < -0.39 is 0 Å². The van der Waals surface area contributed by atoms with Gasteiger partial charge in [0.25, 0.3) is 5.91 Å². The molecule has 0 saturated heterocycles. The van der Waals surface area contributed by atoms with E-state index in [0.29, 0.717) is 26.2 Å². The molecule has 0 bridgehead atoms. The molecule has 0 fully saturated rings. The molecule has 1 amide bonds. The van der Waals surface area contributed by atoms with E-state index in [9.17, 15) is 4.79 Å². The lowest BCUT2D eigenvalue weighted by Crippen LogP contribution is -2.42. The number of guanidine groups is 1. The van der Waals surface area contributed by atoms with Crippen LogP contribution in [0.2, 0.25) is 0 Å². The third-order valence-electron chi connectivity index (χ3n) is 4.68. The number of fused-ring (bicyclic) bond motifs is 1. The molecule has 2 aromatic rings. The van der Waals surface area contributed by atoms with Crippen LogP contribution in [0.1, 0.15) is 25.8 Å². The highest BCUT2D eigenvalue weighted by Gasteiger charge is 2.24. The van der Waals surface area contributed by atoms with Crippen molar-refractivity contribution in [3.05, 3.63) is 54.1 Å². The van der Waals surface area contributed by atoms with Gasteiger partial charge in [0.15, 0.2) is 12.6 Å². The average Bonchev–Trinajstić information content (AvgIpc) is 2.77. The fourth-order valence-electron chi connectivity index (χ4n) is 3.28. The molecule has 0 saturated carbocycles. The highest BCUT2D eigenvalue weighted by molar-refractivity contribution is 14.0. The number of nitrogens with one attached hydrogen (secondary N) is 2. The number of ether oxygens (including phenoxy) is 2. The molecule has 7 nitrogen and oxygen atoms in total. The maximum atomic E-state index is 12.3. The van der Waals surface area contributed by atoms with E-state index in [1.54, 1.807) is 4.90 Å². The molecule has 1 aliphatic heterocycles. The van der Waals surface area contributed by atoms with Crippen LogP contribution in [-0.2, 0) is 11.3 Å². The van der Waals surface area contributed by atoms with E-state index in [2.05, 4.69) is 15.6 Å². The number of benzene rings is 2. The molecule has 0 spiro atoms. The monoisotopic (exact) mass is 538 g/mol. The maximum Gasteiger partial charge on any atom is 0.265 e. The summed E-state index contributed by atoms with van der Waals surface area (Å²) in [5.41, 5.74) is 1.88. The number of carbonyl (C=O) groups excluding carboxylic acids is 1. The molecule has 1 aliphatic rings. The summed E-state index contributed by atoms with van der Waals surface area (Å²) in [6.45, 7) is 7.35. The number of rotatable bonds is 9. The van der Waals surface area contributed by atoms with Crippen LogP contribution in [0.4, 0.5) is 5.69 Å². The number of hydrogen-bond acceptors (Lipinski definition) is 4. The second kappa shape index (κ2) is 13.0. The molecule has 0 radical (unpaired) electrons. The van der Waals surface area contributed by atoms with Gasteiger partial charge in [-0.3, -0.25) is 4.79 Å². The van der Waals surface area contributed by atoms with E-state index in [1.165, 1.54) is 0 Å². The zero-order valence-electron chi connectivity index (χ0n) is 18.1. The van der Waals surface area contributed by atoms with Crippen LogP contribution in [0.15, 0.2) is 53.5 Å². The van der Waals surface area contributed by atoms with Crippen molar-refractivity contribution >= 4 is 41.5 Å². The van der Waals surface area contributed by atoms with Crippen molar-refractivity contribution < 1.29 is 14.3 Å². The fourth-order valence-corrected chi connectivity index (χ4v) is 3.28. The summed E-state index contributed by atoms with van der Waals surface area (Å²) in [6.07, 6.45) is 0.792. The van der Waals surface area contributed by atoms with Gasteiger partial charge >= 0.3 is 0 Å². The number of hydrogen-bond donors (Lipinski definition) is 2. The van der Waals surface area contributed by atoms with Crippen LogP contribution in [0, 0.1) is 0 Å². The van der Waals surface area contributed by atoms with Gasteiger partial charge in [0, 0.05) is 25.2 Å².